The third-order valence-electron chi connectivity index (χ3n) is 5.85. The average molecular weight is 478 g/mol. The number of fused-ring (bicyclic) bond motifs is 1. The number of carbonyl (C=O) groups excluding carboxylic acids is 1. The maximum absolute atomic E-state index is 13.0. The lowest BCUT2D eigenvalue weighted by atomic mass is 10.0. The normalized spacial score (nSPS) is 14.6. The van der Waals surface area contributed by atoms with Gasteiger partial charge in [0.1, 0.15) is 5.52 Å². The predicted octanol–water partition coefficient (Wildman–Crippen LogP) is 4.33. The van der Waals surface area contributed by atoms with E-state index in [4.69, 9.17) is 0 Å². The van der Waals surface area contributed by atoms with E-state index in [1.54, 1.807) is 12.1 Å². The van der Waals surface area contributed by atoms with Crippen LogP contribution in [0.1, 0.15) is 10.4 Å². The van der Waals surface area contributed by atoms with E-state index < -0.39 is 9.84 Å². The highest BCUT2D eigenvalue weighted by Gasteiger charge is 2.25. The SMILES string of the molecule is CS(=O)(=O)c1cccc2sc(N3CCN(C(=O)c4ccc(-c5ccccc5)cc4)CC3)nc12. The Kier molecular flexibility index (Phi) is 5.64. The summed E-state index contributed by atoms with van der Waals surface area (Å²) >= 11 is 1.49. The second kappa shape index (κ2) is 8.61. The van der Waals surface area contributed by atoms with Gasteiger partial charge in [0.15, 0.2) is 15.0 Å². The molecule has 0 N–H and O–H groups in total. The highest BCUT2D eigenvalue weighted by Crippen LogP contribution is 2.33. The van der Waals surface area contributed by atoms with Gasteiger partial charge in [0.25, 0.3) is 5.91 Å². The molecule has 6 nitrogen and oxygen atoms in total. The zero-order chi connectivity index (χ0) is 23.0. The summed E-state index contributed by atoms with van der Waals surface area (Å²) in [5, 5.41) is 0.792. The Labute approximate surface area is 197 Å². The number of piperazine rings is 1. The number of thiazole rings is 1. The van der Waals surface area contributed by atoms with Gasteiger partial charge in [-0.15, -0.1) is 0 Å². The molecular formula is C25H23N3O3S2. The Morgan fingerprint density at radius 2 is 1.52 bits per heavy atom. The van der Waals surface area contributed by atoms with Crippen LogP contribution in [0.15, 0.2) is 77.7 Å². The number of hydrogen-bond donors (Lipinski definition) is 0. The summed E-state index contributed by atoms with van der Waals surface area (Å²) in [7, 11) is -3.35. The van der Waals surface area contributed by atoms with Gasteiger partial charge < -0.3 is 9.80 Å². The summed E-state index contributed by atoms with van der Waals surface area (Å²) in [5.41, 5.74) is 3.42. The molecule has 5 rings (SSSR count). The predicted molar refractivity (Wildman–Crippen MR) is 133 cm³/mol. The van der Waals surface area contributed by atoms with Gasteiger partial charge in [0.2, 0.25) is 0 Å². The van der Waals surface area contributed by atoms with Crippen LogP contribution < -0.4 is 4.90 Å². The smallest absolute Gasteiger partial charge is 0.253 e. The summed E-state index contributed by atoms with van der Waals surface area (Å²) in [6.45, 7) is 2.49. The van der Waals surface area contributed by atoms with Gasteiger partial charge in [0.05, 0.1) is 9.60 Å². The number of carbonyl (C=O) groups is 1. The Morgan fingerprint density at radius 3 is 2.18 bits per heavy atom. The van der Waals surface area contributed by atoms with E-state index in [1.807, 2.05) is 53.4 Å². The molecule has 168 valence electrons. The number of nitrogens with zero attached hydrogens (tertiary/aromatic N) is 3. The Hall–Kier alpha value is -3.23. The number of amides is 1. The largest absolute Gasteiger partial charge is 0.345 e. The summed E-state index contributed by atoms with van der Waals surface area (Å²) < 4.78 is 25.0. The van der Waals surface area contributed by atoms with Crippen molar-refractivity contribution >= 4 is 42.4 Å². The molecule has 1 aliphatic rings. The molecule has 0 atom stereocenters. The number of rotatable bonds is 4. The van der Waals surface area contributed by atoms with Crippen LogP contribution in [0.3, 0.4) is 0 Å². The summed E-state index contributed by atoms with van der Waals surface area (Å²) in [6, 6.07) is 23.1. The van der Waals surface area contributed by atoms with E-state index in [2.05, 4.69) is 22.0 Å². The third-order valence-corrected chi connectivity index (χ3v) is 8.06. The van der Waals surface area contributed by atoms with E-state index in [9.17, 15) is 13.2 Å². The summed E-state index contributed by atoms with van der Waals surface area (Å²) in [6.07, 6.45) is 1.21. The molecule has 0 aliphatic carbocycles. The summed E-state index contributed by atoms with van der Waals surface area (Å²) in [4.78, 5) is 21.9. The molecular weight excluding hydrogens is 454 g/mol. The lowest BCUT2D eigenvalue weighted by molar-refractivity contribution is 0.0747. The van der Waals surface area contributed by atoms with Crippen molar-refractivity contribution in [1.29, 1.82) is 0 Å². The Bertz CT molecular complexity index is 1410. The maximum atomic E-state index is 13.0. The molecule has 0 unspecified atom stereocenters. The number of sulfone groups is 1. The van der Waals surface area contributed by atoms with Gasteiger partial charge in [-0.05, 0) is 35.4 Å². The minimum atomic E-state index is -3.35. The molecule has 0 saturated carbocycles. The van der Waals surface area contributed by atoms with Gasteiger partial charge in [0, 0.05) is 38.0 Å². The van der Waals surface area contributed by atoms with Gasteiger partial charge in [-0.3, -0.25) is 4.79 Å². The Morgan fingerprint density at radius 1 is 0.848 bits per heavy atom. The zero-order valence-corrected chi connectivity index (χ0v) is 19.8. The van der Waals surface area contributed by atoms with E-state index in [-0.39, 0.29) is 10.8 Å². The second-order valence-electron chi connectivity index (χ2n) is 8.09. The molecule has 0 radical (unpaired) electrons. The number of hydrogen-bond acceptors (Lipinski definition) is 6. The first-order chi connectivity index (χ1) is 15.9. The van der Waals surface area contributed by atoms with Crippen molar-refractivity contribution < 1.29 is 13.2 Å². The molecule has 33 heavy (non-hydrogen) atoms. The van der Waals surface area contributed by atoms with Crippen molar-refractivity contribution in [2.75, 3.05) is 37.3 Å². The molecule has 1 aliphatic heterocycles. The molecule has 1 amide bonds. The lowest BCUT2D eigenvalue weighted by Crippen LogP contribution is -2.48. The van der Waals surface area contributed by atoms with Crippen molar-refractivity contribution in [2.24, 2.45) is 0 Å². The van der Waals surface area contributed by atoms with Crippen LogP contribution in [0.4, 0.5) is 5.13 Å². The number of para-hydroxylation sites is 1. The van der Waals surface area contributed by atoms with Gasteiger partial charge in [-0.2, -0.15) is 0 Å². The van der Waals surface area contributed by atoms with Crippen LogP contribution >= 0.6 is 11.3 Å². The minimum Gasteiger partial charge on any atom is -0.345 e. The standard InChI is InChI=1S/C25H23N3O3S2/c1-33(30,31)22-9-5-8-21-23(22)26-25(32-21)28-16-14-27(15-17-28)24(29)20-12-10-19(11-13-20)18-6-3-2-4-7-18/h2-13H,14-17H2,1H3. The van der Waals surface area contributed by atoms with Crippen LogP contribution in [-0.4, -0.2) is 56.6 Å². The third kappa shape index (κ3) is 4.36. The average Bonchev–Trinajstić information content (AvgIpc) is 3.28. The van der Waals surface area contributed by atoms with E-state index in [0.29, 0.717) is 37.3 Å². The fourth-order valence-electron chi connectivity index (χ4n) is 4.07. The molecule has 4 aromatic rings. The fraction of sp³-hybridized carbons (Fsp3) is 0.200. The van der Waals surface area contributed by atoms with Crippen LogP contribution in [0.5, 0.6) is 0 Å². The number of anilines is 1. The van der Waals surface area contributed by atoms with Gasteiger partial charge in [-0.25, -0.2) is 13.4 Å². The number of benzene rings is 3. The molecule has 1 saturated heterocycles. The quantitative estimate of drug-likeness (QED) is 0.438. The molecule has 2 heterocycles. The van der Waals surface area contributed by atoms with E-state index in [0.717, 1.165) is 21.0 Å². The molecule has 0 spiro atoms. The van der Waals surface area contributed by atoms with Gasteiger partial charge >= 0.3 is 0 Å². The maximum Gasteiger partial charge on any atom is 0.253 e. The highest BCUT2D eigenvalue weighted by molar-refractivity contribution is 7.91. The van der Waals surface area contributed by atoms with Gasteiger partial charge in [-0.1, -0.05) is 59.9 Å². The van der Waals surface area contributed by atoms with Crippen LogP contribution in [0.25, 0.3) is 21.3 Å². The first-order valence-electron chi connectivity index (χ1n) is 10.7. The molecule has 1 fully saturated rings. The fourth-order valence-corrected chi connectivity index (χ4v) is 6.01. The zero-order valence-electron chi connectivity index (χ0n) is 18.1. The van der Waals surface area contributed by atoms with Crippen molar-refractivity contribution in [3.8, 4) is 11.1 Å². The van der Waals surface area contributed by atoms with Crippen LogP contribution in [0.2, 0.25) is 0 Å². The van der Waals surface area contributed by atoms with Crippen LogP contribution in [-0.2, 0) is 9.84 Å². The molecule has 0 bridgehead atoms. The van der Waals surface area contributed by atoms with Crippen molar-refractivity contribution in [1.82, 2.24) is 9.88 Å². The monoisotopic (exact) mass is 477 g/mol. The molecule has 3 aromatic carbocycles. The first-order valence-corrected chi connectivity index (χ1v) is 13.4. The first kappa shape index (κ1) is 21.6. The van der Waals surface area contributed by atoms with Crippen molar-refractivity contribution in [3.63, 3.8) is 0 Å². The summed E-state index contributed by atoms with van der Waals surface area (Å²) in [5.74, 6) is 0.0259. The van der Waals surface area contributed by atoms with Crippen molar-refractivity contribution in [3.05, 3.63) is 78.4 Å². The molecule has 1 aromatic heterocycles. The topological polar surface area (TPSA) is 70.6 Å². The Balaban J connectivity index is 1.28. The molecule has 8 heteroatoms. The second-order valence-corrected chi connectivity index (χ2v) is 11.1. The van der Waals surface area contributed by atoms with Crippen molar-refractivity contribution in [2.45, 2.75) is 4.90 Å². The lowest BCUT2D eigenvalue weighted by Gasteiger charge is -2.34. The van der Waals surface area contributed by atoms with Crippen LogP contribution in [0, 0.1) is 0 Å². The van der Waals surface area contributed by atoms with E-state index in [1.165, 1.54) is 17.6 Å². The number of aromatic nitrogens is 1. The highest BCUT2D eigenvalue weighted by atomic mass is 32.2. The minimum absolute atomic E-state index is 0.0259. The van der Waals surface area contributed by atoms with E-state index >= 15 is 0 Å².